The van der Waals surface area contributed by atoms with Crippen LogP contribution in [0.15, 0.2) is 11.1 Å². The van der Waals surface area contributed by atoms with E-state index in [1.165, 1.54) is 21.4 Å². The van der Waals surface area contributed by atoms with Crippen LogP contribution >= 0.6 is 11.3 Å². The fourth-order valence-electron chi connectivity index (χ4n) is 4.12. The minimum atomic E-state index is -0.0437. The molecular formula is C18H23N3O2S. The first kappa shape index (κ1) is 15.8. The van der Waals surface area contributed by atoms with Crippen molar-refractivity contribution in [1.82, 2.24) is 14.5 Å². The summed E-state index contributed by atoms with van der Waals surface area (Å²) < 4.78 is 1.51. The molecule has 1 amide bonds. The summed E-state index contributed by atoms with van der Waals surface area (Å²) in [4.78, 5) is 34.2. The van der Waals surface area contributed by atoms with E-state index in [1.54, 1.807) is 17.7 Å². The van der Waals surface area contributed by atoms with E-state index in [9.17, 15) is 9.59 Å². The summed E-state index contributed by atoms with van der Waals surface area (Å²) in [5.41, 5.74) is 1.14. The van der Waals surface area contributed by atoms with Gasteiger partial charge in [-0.05, 0) is 50.5 Å². The van der Waals surface area contributed by atoms with E-state index in [2.05, 4.69) is 11.9 Å². The minimum absolute atomic E-state index is 0.0437. The first-order chi connectivity index (χ1) is 11.7. The Morgan fingerprint density at radius 2 is 2.21 bits per heavy atom. The predicted octanol–water partition coefficient (Wildman–Crippen LogP) is 2.74. The molecule has 2 aliphatic rings. The maximum atomic E-state index is 12.9. The summed E-state index contributed by atoms with van der Waals surface area (Å²) in [6, 6.07) is 0.323. The van der Waals surface area contributed by atoms with Crippen LogP contribution in [-0.4, -0.2) is 32.9 Å². The molecule has 1 aliphatic heterocycles. The Morgan fingerprint density at radius 3 is 3.04 bits per heavy atom. The normalized spacial score (nSPS) is 20.5. The molecule has 0 spiro atoms. The van der Waals surface area contributed by atoms with E-state index in [4.69, 9.17) is 0 Å². The topological polar surface area (TPSA) is 55.2 Å². The highest BCUT2D eigenvalue weighted by molar-refractivity contribution is 7.18. The molecule has 5 nitrogen and oxygen atoms in total. The van der Waals surface area contributed by atoms with E-state index < -0.39 is 0 Å². The van der Waals surface area contributed by atoms with E-state index in [-0.39, 0.29) is 18.0 Å². The Bertz CT molecular complexity index is 839. The summed E-state index contributed by atoms with van der Waals surface area (Å²) in [5, 5.41) is 0.758. The number of amides is 1. The lowest BCUT2D eigenvalue weighted by atomic mass is 10.00. The van der Waals surface area contributed by atoms with Crippen LogP contribution in [0.25, 0.3) is 10.2 Å². The highest BCUT2D eigenvalue weighted by atomic mass is 32.1. The van der Waals surface area contributed by atoms with Crippen LogP contribution in [0.4, 0.5) is 0 Å². The Labute approximate surface area is 145 Å². The molecule has 0 bridgehead atoms. The van der Waals surface area contributed by atoms with Gasteiger partial charge in [0.25, 0.3) is 5.56 Å². The zero-order valence-electron chi connectivity index (χ0n) is 14.1. The van der Waals surface area contributed by atoms with Crippen LogP contribution in [0.5, 0.6) is 0 Å². The summed E-state index contributed by atoms with van der Waals surface area (Å²) in [5.74, 6) is 0.0525. The lowest BCUT2D eigenvalue weighted by Crippen LogP contribution is -2.45. The van der Waals surface area contributed by atoms with Crippen molar-refractivity contribution in [2.45, 2.75) is 64.5 Å². The molecule has 0 unspecified atom stereocenters. The van der Waals surface area contributed by atoms with Crippen molar-refractivity contribution in [1.29, 1.82) is 0 Å². The SMILES string of the molecule is CC[C@H]1CCCCN1C(=O)Cn1cnc2sc3c(c2c1=O)CCC3. The Morgan fingerprint density at radius 1 is 1.33 bits per heavy atom. The molecule has 2 aromatic rings. The number of hydrogen-bond acceptors (Lipinski definition) is 4. The predicted molar refractivity (Wildman–Crippen MR) is 95.5 cm³/mol. The van der Waals surface area contributed by atoms with Gasteiger partial charge in [-0.15, -0.1) is 11.3 Å². The van der Waals surface area contributed by atoms with Gasteiger partial charge >= 0.3 is 0 Å². The van der Waals surface area contributed by atoms with Gasteiger partial charge in [0, 0.05) is 17.5 Å². The second-order valence-corrected chi connectivity index (χ2v) is 7.94. The molecule has 1 aliphatic carbocycles. The second kappa shape index (κ2) is 6.31. The van der Waals surface area contributed by atoms with Crippen LogP contribution in [0.1, 0.15) is 49.5 Å². The van der Waals surface area contributed by atoms with Gasteiger partial charge in [-0.3, -0.25) is 14.2 Å². The molecule has 0 N–H and O–H groups in total. The van der Waals surface area contributed by atoms with Gasteiger partial charge in [-0.1, -0.05) is 6.92 Å². The van der Waals surface area contributed by atoms with Gasteiger partial charge in [0.2, 0.25) is 5.91 Å². The largest absolute Gasteiger partial charge is 0.338 e. The number of rotatable bonds is 3. The second-order valence-electron chi connectivity index (χ2n) is 6.86. The molecule has 2 aromatic heterocycles. The van der Waals surface area contributed by atoms with Gasteiger partial charge < -0.3 is 4.90 Å². The molecule has 6 heteroatoms. The number of fused-ring (bicyclic) bond motifs is 3. The van der Waals surface area contributed by atoms with Gasteiger partial charge in [0.1, 0.15) is 11.4 Å². The lowest BCUT2D eigenvalue weighted by Gasteiger charge is -2.35. The van der Waals surface area contributed by atoms with E-state index in [0.717, 1.165) is 55.3 Å². The molecule has 3 heterocycles. The standard InChI is InChI=1S/C18H23N3O2S/c1-2-12-6-3-4-9-21(12)15(22)10-20-11-19-17-16(18(20)23)13-7-5-8-14(13)24-17/h11-12H,2-10H2,1H3/t12-/m0/s1. The fraction of sp³-hybridized carbons (Fsp3) is 0.611. The van der Waals surface area contributed by atoms with Crippen LogP contribution in [-0.2, 0) is 24.2 Å². The van der Waals surface area contributed by atoms with Crippen LogP contribution in [0.3, 0.4) is 0 Å². The molecule has 1 saturated heterocycles. The number of aryl methyl sites for hydroxylation is 2. The monoisotopic (exact) mass is 345 g/mol. The van der Waals surface area contributed by atoms with Crippen LogP contribution in [0, 0.1) is 0 Å². The number of nitrogens with zero attached hydrogens (tertiary/aromatic N) is 3. The molecule has 1 atom stereocenters. The van der Waals surface area contributed by atoms with Crippen molar-refractivity contribution in [3.8, 4) is 0 Å². The van der Waals surface area contributed by atoms with E-state index in [0.29, 0.717) is 6.04 Å². The van der Waals surface area contributed by atoms with Gasteiger partial charge in [0.15, 0.2) is 0 Å². The highest BCUT2D eigenvalue weighted by Crippen LogP contribution is 2.34. The van der Waals surface area contributed by atoms with Crippen molar-refractivity contribution in [2.24, 2.45) is 0 Å². The zero-order valence-corrected chi connectivity index (χ0v) is 14.9. The Balaban J connectivity index is 1.64. The summed E-state index contributed by atoms with van der Waals surface area (Å²) in [7, 11) is 0. The van der Waals surface area contributed by atoms with Crippen LogP contribution < -0.4 is 5.56 Å². The van der Waals surface area contributed by atoms with Crippen molar-refractivity contribution >= 4 is 27.5 Å². The number of aromatic nitrogens is 2. The molecule has 128 valence electrons. The van der Waals surface area contributed by atoms with Crippen molar-refractivity contribution in [3.05, 3.63) is 27.1 Å². The fourth-order valence-corrected chi connectivity index (χ4v) is 5.34. The van der Waals surface area contributed by atoms with E-state index >= 15 is 0 Å². The quantitative estimate of drug-likeness (QED) is 0.859. The maximum absolute atomic E-state index is 12.9. The number of carbonyl (C=O) groups is 1. The Kier molecular flexibility index (Phi) is 4.16. The van der Waals surface area contributed by atoms with Crippen molar-refractivity contribution in [3.63, 3.8) is 0 Å². The molecule has 1 fully saturated rings. The molecule has 24 heavy (non-hydrogen) atoms. The average Bonchev–Trinajstić information content (AvgIpc) is 3.18. The smallest absolute Gasteiger partial charge is 0.262 e. The average molecular weight is 345 g/mol. The first-order valence-electron chi connectivity index (χ1n) is 8.98. The molecule has 0 saturated carbocycles. The summed E-state index contributed by atoms with van der Waals surface area (Å²) >= 11 is 1.64. The number of thiophene rings is 1. The third-order valence-electron chi connectivity index (χ3n) is 5.42. The molecule has 4 rings (SSSR count). The molecule has 0 radical (unpaired) electrons. The first-order valence-corrected chi connectivity index (χ1v) is 9.80. The van der Waals surface area contributed by atoms with Gasteiger partial charge in [-0.25, -0.2) is 4.98 Å². The maximum Gasteiger partial charge on any atom is 0.262 e. The third kappa shape index (κ3) is 2.57. The highest BCUT2D eigenvalue weighted by Gasteiger charge is 2.26. The summed E-state index contributed by atoms with van der Waals surface area (Å²) in [6.07, 6.45) is 9.01. The van der Waals surface area contributed by atoms with Gasteiger partial charge in [-0.2, -0.15) is 0 Å². The molecular weight excluding hydrogens is 322 g/mol. The van der Waals surface area contributed by atoms with Gasteiger partial charge in [0.05, 0.1) is 11.7 Å². The third-order valence-corrected chi connectivity index (χ3v) is 6.62. The number of likely N-dealkylation sites (tertiary alicyclic amines) is 1. The minimum Gasteiger partial charge on any atom is -0.338 e. The van der Waals surface area contributed by atoms with Crippen molar-refractivity contribution in [2.75, 3.05) is 6.54 Å². The number of carbonyl (C=O) groups excluding carboxylic acids is 1. The van der Waals surface area contributed by atoms with E-state index in [1.807, 2.05) is 4.90 Å². The van der Waals surface area contributed by atoms with Crippen molar-refractivity contribution < 1.29 is 4.79 Å². The van der Waals surface area contributed by atoms with Crippen LogP contribution in [0.2, 0.25) is 0 Å². The lowest BCUT2D eigenvalue weighted by molar-refractivity contribution is -0.135. The number of hydrogen-bond donors (Lipinski definition) is 0. The zero-order chi connectivity index (χ0) is 16.7. The number of piperidine rings is 1. The molecule has 0 aromatic carbocycles. The summed E-state index contributed by atoms with van der Waals surface area (Å²) in [6.45, 7) is 3.06. The Hall–Kier alpha value is -1.69.